The molecule has 3 nitrogen and oxygen atoms in total. The van der Waals surface area contributed by atoms with Gasteiger partial charge in [-0.2, -0.15) is 0 Å². The number of carboxylic acids is 1. The van der Waals surface area contributed by atoms with Crippen molar-refractivity contribution in [3.8, 4) is 0 Å². The summed E-state index contributed by atoms with van der Waals surface area (Å²) in [6.45, 7) is 3.47. The van der Waals surface area contributed by atoms with Gasteiger partial charge in [0.1, 0.15) is 17.7 Å². The fourth-order valence-corrected chi connectivity index (χ4v) is 1.51. The van der Waals surface area contributed by atoms with E-state index in [0.717, 1.165) is 18.2 Å². The first-order valence-corrected chi connectivity index (χ1v) is 5.32. The van der Waals surface area contributed by atoms with Crippen LogP contribution in [0.3, 0.4) is 0 Å². The standard InChI is InChI=1S/C12H15F2NO2/c1-7(2)11(12(16)17)15-6-8-5-9(13)3-4-10(8)14/h3-5,7,11,15H,6H2,1-2H3,(H,16,17)/t11-/m1/s1. The van der Waals surface area contributed by atoms with Crippen molar-refractivity contribution < 1.29 is 18.7 Å². The van der Waals surface area contributed by atoms with Gasteiger partial charge in [0, 0.05) is 12.1 Å². The van der Waals surface area contributed by atoms with Crippen LogP contribution in [-0.4, -0.2) is 17.1 Å². The second-order valence-corrected chi connectivity index (χ2v) is 4.18. The Morgan fingerprint density at radius 1 is 1.41 bits per heavy atom. The van der Waals surface area contributed by atoms with E-state index < -0.39 is 23.6 Å². The third-order valence-corrected chi connectivity index (χ3v) is 2.45. The minimum atomic E-state index is -1.00. The van der Waals surface area contributed by atoms with E-state index in [-0.39, 0.29) is 18.0 Å². The molecule has 0 heterocycles. The number of aliphatic carboxylic acids is 1. The highest BCUT2D eigenvalue weighted by Crippen LogP contribution is 2.10. The summed E-state index contributed by atoms with van der Waals surface area (Å²) in [6, 6.07) is 2.33. The van der Waals surface area contributed by atoms with Crippen molar-refractivity contribution >= 4 is 5.97 Å². The SMILES string of the molecule is CC(C)[C@@H](NCc1cc(F)ccc1F)C(=O)O. The van der Waals surface area contributed by atoms with E-state index in [1.54, 1.807) is 13.8 Å². The van der Waals surface area contributed by atoms with Crippen molar-refractivity contribution in [2.75, 3.05) is 0 Å². The normalized spacial score (nSPS) is 12.8. The molecule has 2 N–H and O–H groups in total. The van der Waals surface area contributed by atoms with Gasteiger partial charge in [-0.3, -0.25) is 10.1 Å². The molecule has 1 atom stereocenters. The van der Waals surface area contributed by atoms with Gasteiger partial charge in [-0.15, -0.1) is 0 Å². The molecule has 0 aliphatic heterocycles. The minimum Gasteiger partial charge on any atom is -0.480 e. The highest BCUT2D eigenvalue weighted by atomic mass is 19.1. The largest absolute Gasteiger partial charge is 0.480 e. The maximum atomic E-state index is 13.3. The van der Waals surface area contributed by atoms with Crippen molar-refractivity contribution in [3.05, 3.63) is 35.4 Å². The van der Waals surface area contributed by atoms with E-state index in [4.69, 9.17) is 5.11 Å². The zero-order valence-corrected chi connectivity index (χ0v) is 9.71. The van der Waals surface area contributed by atoms with Gasteiger partial charge in [0.15, 0.2) is 0 Å². The average Bonchev–Trinajstić information content (AvgIpc) is 2.22. The lowest BCUT2D eigenvalue weighted by Crippen LogP contribution is -2.40. The van der Waals surface area contributed by atoms with E-state index in [1.165, 1.54) is 0 Å². The molecule has 0 saturated heterocycles. The van der Waals surface area contributed by atoms with Crippen LogP contribution in [0.25, 0.3) is 0 Å². The zero-order valence-electron chi connectivity index (χ0n) is 9.71. The monoisotopic (exact) mass is 243 g/mol. The first-order valence-electron chi connectivity index (χ1n) is 5.32. The molecule has 5 heteroatoms. The second-order valence-electron chi connectivity index (χ2n) is 4.18. The molecule has 0 aliphatic rings. The van der Waals surface area contributed by atoms with Crippen LogP contribution in [0.4, 0.5) is 8.78 Å². The first-order chi connectivity index (χ1) is 7.91. The fourth-order valence-electron chi connectivity index (χ4n) is 1.51. The van der Waals surface area contributed by atoms with Gasteiger partial charge < -0.3 is 5.11 Å². The molecule has 1 aromatic rings. The van der Waals surface area contributed by atoms with Crippen LogP contribution in [0.5, 0.6) is 0 Å². The number of rotatable bonds is 5. The molecule has 0 amide bonds. The van der Waals surface area contributed by atoms with Crippen LogP contribution in [0.1, 0.15) is 19.4 Å². The molecule has 0 radical (unpaired) electrons. The van der Waals surface area contributed by atoms with Gasteiger partial charge >= 0.3 is 5.97 Å². The lowest BCUT2D eigenvalue weighted by molar-refractivity contribution is -0.140. The van der Waals surface area contributed by atoms with Crippen molar-refractivity contribution in [2.45, 2.75) is 26.4 Å². The molecule has 0 spiro atoms. The Kier molecular flexibility index (Phi) is 4.57. The van der Waals surface area contributed by atoms with Gasteiger partial charge in [-0.05, 0) is 24.1 Å². The maximum Gasteiger partial charge on any atom is 0.320 e. The summed E-state index contributed by atoms with van der Waals surface area (Å²) < 4.78 is 26.1. The third-order valence-electron chi connectivity index (χ3n) is 2.45. The van der Waals surface area contributed by atoms with Crippen molar-refractivity contribution in [2.24, 2.45) is 5.92 Å². The Morgan fingerprint density at radius 2 is 2.06 bits per heavy atom. The minimum absolute atomic E-state index is 0.0151. The van der Waals surface area contributed by atoms with Crippen molar-refractivity contribution in [3.63, 3.8) is 0 Å². The smallest absolute Gasteiger partial charge is 0.320 e. The topological polar surface area (TPSA) is 49.3 Å². The number of halogens is 2. The Morgan fingerprint density at radius 3 is 2.59 bits per heavy atom. The van der Waals surface area contributed by atoms with Crippen LogP contribution in [0.2, 0.25) is 0 Å². The van der Waals surface area contributed by atoms with Crippen LogP contribution in [-0.2, 0) is 11.3 Å². The van der Waals surface area contributed by atoms with Crippen LogP contribution >= 0.6 is 0 Å². The number of benzene rings is 1. The Hall–Kier alpha value is -1.49. The van der Waals surface area contributed by atoms with Crippen LogP contribution in [0, 0.1) is 17.6 Å². The van der Waals surface area contributed by atoms with Crippen LogP contribution in [0.15, 0.2) is 18.2 Å². The maximum absolute atomic E-state index is 13.3. The summed E-state index contributed by atoms with van der Waals surface area (Å²) in [5.74, 6) is -2.23. The van der Waals surface area contributed by atoms with Crippen molar-refractivity contribution in [1.82, 2.24) is 5.32 Å². The van der Waals surface area contributed by atoms with Gasteiger partial charge in [-0.1, -0.05) is 13.8 Å². The summed E-state index contributed by atoms with van der Waals surface area (Å²) in [6.07, 6.45) is 0. The number of carbonyl (C=O) groups is 1. The molecule has 0 bridgehead atoms. The molecule has 0 fully saturated rings. The number of hydrogen-bond donors (Lipinski definition) is 2. The average molecular weight is 243 g/mol. The summed E-state index contributed by atoms with van der Waals surface area (Å²) in [5.41, 5.74) is 0.122. The van der Waals surface area contributed by atoms with Gasteiger partial charge in [0.25, 0.3) is 0 Å². The molecule has 1 rings (SSSR count). The number of carboxylic acid groups (broad SMARTS) is 1. The highest BCUT2D eigenvalue weighted by Gasteiger charge is 2.20. The quantitative estimate of drug-likeness (QED) is 0.833. The fraction of sp³-hybridized carbons (Fsp3) is 0.417. The second kappa shape index (κ2) is 5.72. The summed E-state index contributed by atoms with van der Waals surface area (Å²) in [4.78, 5) is 10.9. The summed E-state index contributed by atoms with van der Waals surface area (Å²) in [5, 5.41) is 11.6. The number of hydrogen-bond acceptors (Lipinski definition) is 2. The summed E-state index contributed by atoms with van der Waals surface area (Å²) >= 11 is 0. The van der Waals surface area contributed by atoms with Crippen LogP contribution < -0.4 is 5.32 Å². The molecule has 94 valence electrons. The summed E-state index contributed by atoms with van der Waals surface area (Å²) in [7, 11) is 0. The van der Waals surface area contributed by atoms with Gasteiger partial charge in [-0.25, -0.2) is 8.78 Å². The zero-order chi connectivity index (χ0) is 13.0. The molecular formula is C12H15F2NO2. The molecule has 0 saturated carbocycles. The molecule has 0 aromatic heterocycles. The predicted molar refractivity (Wildman–Crippen MR) is 59.5 cm³/mol. The van der Waals surface area contributed by atoms with Gasteiger partial charge in [0.2, 0.25) is 0 Å². The van der Waals surface area contributed by atoms with E-state index in [1.807, 2.05) is 0 Å². The molecule has 0 unspecified atom stereocenters. The predicted octanol–water partition coefficient (Wildman–Crippen LogP) is 2.16. The lowest BCUT2D eigenvalue weighted by atomic mass is 10.0. The molecular weight excluding hydrogens is 228 g/mol. The molecule has 1 aromatic carbocycles. The lowest BCUT2D eigenvalue weighted by Gasteiger charge is -2.18. The van der Waals surface area contributed by atoms with E-state index >= 15 is 0 Å². The molecule has 0 aliphatic carbocycles. The Balaban J connectivity index is 2.72. The Bertz CT molecular complexity index is 407. The molecule has 17 heavy (non-hydrogen) atoms. The third kappa shape index (κ3) is 3.78. The van der Waals surface area contributed by atoms with E-state index in [9.17, 15) is 13.6 Å². The van der Waals surface area contributed by atoms with Crippen molar-refractivity contribution in [1.29, 1.82) is 0 Å². The van der Waals surface area contributed by atoms with E-state index in [0.29, 0.717) is 0 Å². The van der Waals surface area contributed by atoms with Gasteiger partial charge in [0.05, 0.1) is 0 Å². The number of nitrogens with one attached hydrogen (secondary N) is 1. The highest BCUT2D eigenvalue weighted by molar-refractivity contribution is 5.73. The Labute approximate surface area is 98.5 Å². The first kappa shape index (κ1) is 13.6. The van der Waals surface area contributed by atoms with E-state index in [2.05, 4.69) is 5.32 Å².